The van der Waals surface area contributed by atoms with Crippen LogP contribution < -0.4 is 0 Å². The van der Waals surface area contributed by atoms with Crippen LogP contribution in [0.3, 0.4) is 0 Å². The molecule has 0 aliphatic carbocycles. The Balaban J connectivity index is 2.17. The lowest BCUT2D eigenvalue weighted by Crippen LogP contribution is -2.17. The smallest absolute Gasteiger partial charge is 0.107 e. The Bertz CT molecular complexity index is 703. The van der Waals surface area contributed by atoms with Crippen molar-refractivity contribution in [2.45, 2.75) is 13.0 Å². The summed E-state index contributed by atoms with van der Waals surface area (Å²) in [6.07, 6.45) is 0. The van der Waals surface area contributed by atoms with Gasteiger partial charge in [-0.1, -0.05) is 42.5 Å². The number of methoxy groups -OCH3 is 1. The first kappa shape index (κ1) is 12.9. The summed E-state index contributed by atoms with van der Waals surface area (Å²) < 4.78 is 7.70. The number of benzene rings is 2. The predicted octanol–water partition coefficient (Wildman–Crippen LogP) is 3.58. The molecule has 0 saturated carbocycles. The van der Waals surface area contributed by atoms with Crippen LogP contribution in [0, 0.1) is 6.92 Å². The van der Waals surface area contributed by atoms with E-state index in [2.05, 4.69) is 45.9 Å². The number of hydrogen-bond donors (Lipinski definition) is 0. The van der Waals surface area contributed by atoms with Crippen molar-refractivity contribution in [1.82, 2.24) is 9.55 Å². The minimum absolute atomic E-state index is 0.147. The number of rotatable bonds is 4. The second-order valence-electron chi connectivity index (χ2n) is 4.90. The molecule has 3 rings (SSSR count). The van der Waals surface area contributed by atoms with Crippen LogP contribution in [0.2, 0.25) is 0 Å². The van der Waals surface area contributed by atoms with Gasteiger partial charge >= 0.3 is 0 Å². The standard InChI is InChI=1S/C17H18N2O/c1-13-18-15-10-6-7-11-16(15)19(13)17(12-20-2)14-8-4-3-5-9-14/h3-11,17H,12H2,1-2H3/t17-/m0/s1. The van der Waals surface area contributed by atoms with E-state index in [0.717, 1.165) is 16.9 Å². The highest BCUT2D eigenvalue weighted by Crippen LogP contribution is 2.26. The fourth-order valence-corrected chi connectivity index (χ4v) is 2.71. The second kappa shape index (κ2) is 5.47. The van der Waals surface area contributed by atoms with Gasteiger partial charge in [0.05, 0.1) is 23.7 Å². The van der Waals surface area contributed by atoms with Gasteiger partial charge < -0.3 is 9.30 Å². The molecule has 102 valence electrons. The minimum atomic E-state index is 0.147. The highest BCUT2D eigenvalue weighted by Gasteiger charge is 2.18. The third-order valence-electron chi connectivity index (χ3n) is 3.59. The van der Waals surface area contributed by atoms with E-state index in [0.29, 0.717) is 6.61 Å². The summed E-state index contributed by atoms with van der Waals surface area (Å²) in [5.74, 6) is 1.01. The molecule has 3 nitrogen and oxygen atoms in total. The zero-order valence-corrected chi connectivity index (χ0v) is 11.8. The van der Waals surface area contributed by atoms with Crippen LogP contribution in [0.25, 0.3) is 11.0 Å². The molecule has 20 heavy (non-hydrogen) atoms. The van der Waals surface area contributed by atoms with E-state index in [1.54, 1.807) is 7.11 Å². The molecule has 0 spiro atoms. The Labute approximate surface area is 118 Å². The van der Waals surface area contributed by atoms with Crippen molar-refractivity contribution in [3.05, 3.63) is 66.0 Å². The van der Waals surface area contributed by atoms with Crippen LogP contribution in [0.4, 0.5) is 0 Å². The highest BCUT2D eigenvalue weighted by molar-refractivity contribution is 5.76. The molecule has 3 aromatic rings. The molecule has 1 atom stereocenters. The Morgan fingerprint density at radius 1 is 1.05 bits per heavy atom. The van der Waals surface area contributed by atoms with Gasteiger partial charge in [-0.2, -0.15) is 0 Å². The third-order valence-corrected chi connectivity index (χ3v) is 3.59. The fraction of sp³-hybridized carbons (Fsp3) is 0.235. The largest absolute Gasteiger partial charge is 0.382 e. The van der Waals surface area contributed by atoms with Gasteiger partial charge in [0.1, 0.15) is 5.82 Å². The average Bonchev–Trinajstić information content (AvgIpc) is 2.82. The molecule has 0 aliphatic heterocycles. The molecule has 0 radical (unpaired) electrons. The number of fused-ring (bicyclic) bond motifs is 1. The highest BCUT2D eigenvalue weighted by atomic mass is 16.5. The minimum Gasteiger partial charge on any atom is -0.382 e. The van der Waals surface area contributed by atoms with Crippen molar-refractivity contribution in [2.24, 2.45) is 0 Å². The quantitative estimate of drug-likeness (QED) is 0.721. The SMILES string of the molecule is COC[C@@H](c1ccccc1)n1c(C)nc2ccccc21. The monoisotopic (exact) mass is 266 g/mol. The lowest BCUT2D eigenvalue weighted by atomic mass is 10.1. The molecule has 0 bridgehead atoms. The molecule has 2 aromatic carbocycles. The fourth-order valence-electron chi connectivity index (χ4n) is 2.71. The van der Waals surface area contributed by atoms with E-state index >= 15 is 0 Å². The number of ether oxygens (including phenoxy) is 1. The van der Waals surface area contributed by atoms with Gasteiger partial charge in [-0.25, -0.2) is 4.98 Å². The summed E-state index contributed by atoms with van der Waals surface area (Å²) >= 11 is 0. The van der Waals surface area contributed by atoms with Gasteiger partial charge in [0.25, 0.3) is 0 Å². The third kappa shape index (κ3) is 2.21. The molecular weight excluding hydrogens is 248 g/mol. The molecule has 0 saturated heterocycles. The lowest BCUT2D eigenvalue weighted by Gasteiger charge is -2.21. The molecule has 1 heterocycles. The topological polar surface area (TPSA) is 27.1 Å². The first-order chi connectivity index (χ1) is 9.81. The van der Waals surface area contributed by atoms with Gasteiger partial charge in [0, 0.05) is 7.11 Å². The lowest BCUT2D eigenvalue weighted by molar-refractivity contribution is 0.170. The van der Waals surface area contributed by atoms with E-state index in [-0.39, 0.29) is 6.04 Å². The molecule has 0 amide bonds. The van der Waals surface area contributed by atoms with E-state index in [1.165, 1.54) is 5.56 Å². The first-order valence-corrected chi connectivity index (χ1v) is 6.78. The maximum Gasteiger partial charge on any atom is 0.107 e. The summed E-state index contributed by atoms with van der Waals surface area (Å²) in [6, 6.07) is 18.8. The Hall–Kier alpha value is -2.13. The zero-order chi connectivity index (χ0) is 13.9. The van der Waals surface area contributed by atoms with E-state index in [9.17, 15) is 0 Å². The molecule has 0 aliphatic rings. The number of nitrogens with zero attached hydrogens (tertiary/aromatic N) is 2. The van der Waals surface area contributed by atoms with Gasteiger partial charge in [0.2, 0.25) is 0 Å². The maximum absolute atomic E-state index is 5.44. The second-order valence-corrected chi connectivity index (χ2v) is 4.90. The maximum atomic E-state index is 5.44. The number of aryl methyl sites for hydroxylation is 1. The Morgan fingerprint density at radius 2 is 1.75 bits per heavy atom. The molecule has 0 N–H and O–H groups in total. The molecule has 1 aromatic heterocycles. The Kier molecular flexibility index (Phi) is 3.52. The van der Waals surface area contributed by atoms with Crippen molar-refractivity contribution in [3.8, 4) is 0 Å². The van der Waals surface area contributed by atoms with E-state index in [1.807, 2.05) is 25.1 Å². The predicted molar refractivity (Wildman–Crippen MR) is 80.9 cm³/mol. The van der Waals surface area contributed by atoms with Gasteiger partial charge in [-0.15, -0.1) is 0 Å². The van der Waals surface area contributed by atoms with Crippen molar-refractivity contribution >= 4 is 11.0 Å². The van der Waals surface area contributed by atoms with Gasteiger partial charge in [-0.05, 0) is 24.6 Å². The Morgan fingerprint density at radius 3 is 2.50 bits per heavy atom. The van der Waals surface area contributed by atoms with E-state index < -0.39 is 0 Å². The summed E-state index contributed by atoms with van der Waals surface area (Å²) in [4.78, 5) is 4.65. The van der Waals surface area contributed by atoms with Crippen molar-refractivity contribution in [1.29, 1.82) is 0 Å². The van der Waals surface area contributed by atoms with Crippen LogP contribution in [-0.2, 0) is 4.74 Å². The molecule has 0 fully saturated rings. The summed E-state index contributed by atoms with van der Waals surface area (Å²) in [6.45, 7) is 2.68. The zero-order valence-electron chi connectivity index (χ0n) is 11.8. The molecule has 3 heteroatoms. The van der Waals surface area contributed by atoms with Crippen LogP contribution in [0.15, 0.2) is 54.6 Å². The number of imidazole rings is 1. The summed E-state index contributed by atoms with van der Waals surface area (Å²) in [5.41, 5.74) is 3.42. The molecular formula is C17H18N2O. The van der Waals surface area contributed by atoms with Crippen molar-refractivity contribution in [2.75, 3.05) is 13.7 Å². The van der Waals surface area contributed by atoms with Crippen LogP contribution >= 0.6 is 0 Å². The normalized spacial score (nSPS) is 12.7. The number of aromatic nitrogens is 2. The average molecular weight is 266 g/mol. The van der Waals surface area contributed by atoms with Gasteiger partial charge in [0.15, 0.2) is 0 Å². The van der Waals surface area contributed by atoms with Gasteiger partial charge in [-0.3, -0.25) is 0 Å². The summed E-state index contributed by atoms with van der Waals surface area (Å²) in [5, 5.41) is 0. The van der Waals surface area contributed by atoms with Crippen LogP contribution in [0.5, 0.6) is 0 Å². The number of hydrogen-bond acceptors (Lipinski definition) is 2. The summed E-state index contributed by atoms with van der Waals surface area (Å²) in [7, 11) is 1.74. The van der Waals surface area contributed by atoms with Crippen molar-refractivity contribution < 1.29 is 4.74 Å². The van der Waals surface area contributed by atoms with Crippen molar-refractivity contribution in [3.63, 3.8) is 0 Å². The van der Waals surface area contributed by atoms with E-state index in [4.69, 9.17) is 4.74 Å². The van der Waals surface area contributed by atoms with Crippen LogP contribution in [0.1, 0.15) is 17.4 Å². The number of para-hydroxylation sites is 2. The first-order valence-electron chi connectivity index (χ1n) is 6.78. The molecule has 0 unspecified atom stereocenters. The van der Waals surface area contributed by atoms with Crippen LogP contribution in [-0.4, -0.2) is 23.3 Å².